The topological polar surface area (TPSA) is 59.1 Å². The van der Waals surface area contributed by atoms with Crippen LogP contribution in [0.2, 0.25) is 0 Å². The molecule has 2 fully saturated rings. The van der Waals surface area contributed by atoms with E-state index in [1.165, 1.54) is 0 Å². The number of rotatable bonds is 3. The molecule has 1 aliphatic heterocycles. The summed E-state index contributed by atoms with van der Waals surface area (Å²) in [4.78, 5) is 11.6. The van der Waals surface area contributed by atoms with E-state index in [0.717, 1.165) is 6.42 Å². The van der Waals surface area contributed by atoms with Crippen molar-refractivity contribution < 1.29 is 19.4 Å². The van der Waals surface area contributed by atoms with Crippen LogP contribution >= 0.6 is 0 Å². The summed E-state index contributed by atoms with van der Waals surface area (Å²) in [5, 5.41) is 9.11. The van der Waals surface area contributed by atoms with Gasteiger partial charge >= 0.3 is 5.97 Å². The molecule has 0 aromatic carbocycles. The van der Waals surface area contributed by atoms with Gasteiger partial charge in [-0.3, -0.25) is 4.79 Å². The highest BCUT2D eigenvalue weighted by Crippen LogP contribution is 2.48. The summed E-state index contributed by atoms with van der Waals surface area (Å²) >= 11 is 0. The molecule has 0 aromatic rings. The van der Waals surface area contributed by atoms with E-state index >= 15 is 0 Å². The van der Waals surface area contributed by atoms with Crippen LogP contribution in [0.4, 0.5) is 0 Å². The first-order valence-electron chi connectivity index (χ1n) is 5.89. The number of epoxide rings is 1. The lowest BCUT2D eigenvalue weighted by molar-refractivity contribution is -0.156. The van der Waals surface area contributed by atoms with E-state index in [4.69, 9.17) is 14.6 Å². The third-order valence-electron chi connectivity index (χ3n) is 3.18. The molecule has 1 N–H and O–H groups in total. The fourth-order valence-corrected chi connectivity index (χ4v) is 2.53. The minimum Gasteiger partial charge on any atom is -0.460 e. The van der Waals surface area contributed by atoms with E-state index in [9.17, 15) is 4.79 Å². The Morgan fingerprint density at radius 1 is 1.38 bits per heavy atom. The van der Waals surface area contributed by atoms with Crippen LogP contribution in [0.25, 0.3) is 0 Å². The molecule has 1 heterocycles. The van der Waals surface area contributed by atoms with Crippen LogP contribution in [0.5, 0.6) is 0 Å². The number of hydrogen-bond acceptors (Lipinski definition) is 4. The molecule has 1 saturated heterocycles. The van der Waals surface area contributed by atoms with E-state index in [1.807, 2.05) is 20.8 Å². The van der Waals surface area contributed by atoms with Crippen LogP contribution in [0.1, 0.15) is 33.6 Å². The average Bonchev–Trinajstić information content (AvgIpc) is 2.83. The summed E-state index contributed by atoms with van der Waals surface area (Å²) < 4.78 is 10.7. The van der Waals surface area contributed by atoms with Gasteiger partial charge in [-0.15, -0.1) is 0 Å². The van der Waals surface area contributed by atoms with Crippen LogP contribution in [0.15, 0.2) is 0 Å². The molecule has 16 heavy (non-hydrogen) atoms. The van der Waals surface area contributed by atoms with E-state index < -0.39 is 5.60 Å². The van der Waals surface area contributed by atoms with Crippen molar-refractivity contribution >= 4 is 5.97 Å². The molecule has 4 nitrogen and oxygen atoms in total. The van der Waals surface area contributed by atoms with Gasteiger partial charge in [-0.05, 0) is 33.1 Å². The Bertz CT molecular complexity index is 281. The van der Waals surface area contributed by atoms with Crippen LogP contribution in [0.3, 0.4) is 0 Å². The maximum absolute atomic E-state index is 11.6. The standard InChI is InChI=1S/C12H20O4/c1-12(2,3)16-9(14)5-7-4-8(6-13)11-10(7)15-11/h7-8,10-11,13H,4-6H2,1-3H3/t7-,8+,10-,11+/m0/s1. The predicted molar refractivity (Wildman–Crippen MR) is 57.8 cm³/mol. The SMILES string of the molecule is CC(C)(C)OC(=O)C[C@@H]1C[C@H](CO)[C@H]2O[C@@H]12. The lowest BCUT2D eigenvalue weighted by Gasteiger charge is -2.21. The monoisotopic (exact) mass is 228 g/mol. The first-order chi connectivity index (χ1) is 7.40. The predicted octanol–water partition coefficient (Wildman–Crippen LogP) is 1.11. The van der Waals surface area contributed by atoms with Gasteiger partial charge in [0, 0.05) is 12.5 Å². The molecule has 0 aromatic heterocycles. The Kier molecular flexibility index (Phi) is 2.97. The zero-order valence-corrected chi connectivity index (χ0v) is 10.1. The molecule has 2 aliphatic rings. The molecule has 92 valence electrons. The molecule has 0 bridgehead atoms. The first kappa shape index (κ1) is 11.9. The third kappa shape index (κ3) is 2.55. The minimum absolute atomic E-state index is 0.159. The highest BCUT2D eigenvalue weighted by molar-refractivity contribution is 5.70. The molecule has 4 heteroatoms. The number of ether oxygens (including phenoxy) is 2. The number of aliphatic hydroxyl groups is 1. The van der Waals surface area contributed by atoms with Crippen LogP contribution < -0.4 is 0 Å². The molecule has 0 unspecified atom stereocenters. The van der Waals surface area contributed by atoms with E-state index in [2.05, 4.69) is 0 Å². The fraction of sp³-hybridized carbons (Fsp3) is 0.917. The molecule has 0 spiro atoms. The summed E-state index contributed by atoms with van der Waals surface area (Å²) in [7, 11) is 0. The van der Waals surface area contributed by atoms with Crippen molar-refractivity contribution in [2.75, 3.05) is 6.61 Å². The van der Waals surface area contributed by atoms with Gasteiger partial charge in [0.1, 0.15) is 5.60 Å². The molecule has 1 saturated carbocycles. The average molecular weight is 228 g/mol. The Morgan fingerprint density at radius 2 is 2.00 bits per heavy atom. The van der Waals surface area contributed by atoms with Crippen molar-refractivity contribution in [2.45, 2.75) is 51.4 Å². The zero-order chi connectivity index (χ0) is 11.9. The lowest BCUT2D eigenvalue weighted by atomic mass is 10.0. The Morgan fingerprint density at radius 3 is 2.50 bits per heavy atom. The molecule has 1 aliphatic carbocycles. The molecule has 2 rings (SSSR count). The van der Waals surface area contributed by atoms with E-state index in [1.54, 1.807) is 0 Å². The third-order valence-corrected chi connectivity index (χ3v) is 3.18. The molecule has 0 amide bonds. The Labute approximate surface area is 95.9 Å². The zero-order valence-electron chi connectivity index (χ0n) is 10.1. The van der Waals surface area contributed by atoms with Gasteiger partial charge in [-0.25, -0.2) is 0 Å². The van der Waals surface area contributed by atoms with Crippen molar-refractivity contribution in [1.29, 1.82) is 0 Å². The van der Waals surface area contributed by atoms with Gasteiger partial charge in [0.15, 0.2) is 0 Å². The van der Waals surface area contributed by atoms with Crippen LogP contribution in [-0.4, -0.2) is 35.5 Å². The van der Waals surface area contributed by atoms with E-state index in [0.29, 0.717) is 6.42 Å². The minimum atomic E-state index is -0.421. The van der Waals surface area contributed by atoms with Crippen molar-refractivity contribution in [1.82, 2.24) is 0 Å². The van der Waals surface area contributed by atoms with E-state index in [-0.39, 0.29) is 36.6 Å². The van der Waals surface area contributed by atoms with Crippen LogP contribution in [0, 0.1) is 11.8 Å². The quantitative estimate of drug-likeness (QED) is 0.581. The summed E-state index contributed by atoms with van der Waals surface area (Å²) in [6.07, 6.45) is 1.67. The lowest BCUT2D eigenvalue weighted by Crippen LogP contribution is -2.26. The van der Waals surface area contributed by atoms with Crippen molar-refractivity contribution in [3.05, 3.63) is 0 Å². The highest BCUT2D eigenvalue weighted by Gasteiger charge is 2.56. The van der Waals surface area contributed by atoms with Gasteiger partial charge in [-0.1, -0.05) is 0 Å². The molecule has 4 atom stereocenters. The van der Waals surface area contributed by atoms with Crippen LogP contribution in [-0.2, 0) is 14.3 Å². The second-order valence-electron chi connectivity index (χ2n) is 5.79. The number of hydrogen-bond donors (Lipinski definition) is 1. The molecule has 0 radical (unpaired) electrons. The van der Waals surface area contributed by atoms with Gasteiger partial charge in [0.25, 0.3) is 0 Å². The maximum atomic E-state index is 11.6. The van der Waals surface area contributed by atoms with Crippen molar-refractivity contribution in [3.63, 3.8) is 0 Å². The second kappa shape index (κ2) is 4.00. The first-order valence-corrected chi connectivity index (χ1v) is 5.89. The summed E-state index contributed by atoms with van der Waals surface area (Å²) in [6, 6.07) is 0. The maximum Gasteiger partial charge on any atom is 0.306 e. The number of esters is 1. The molecular formula is C12H20O4. The number of carbonyl (C=O) groups excluding carboxylic acids is 1. The number of fused-ring (bicyclic) bond motifs is 1. The molecular weight excluding hydrogens is 208 g/mol. The number of carbonyl (C=O) groups is 1. The normalized spacial score (nSPS) is 37.0. The number of aliphatic hydroxyl groups excluding tert-OH is 1. The fourth-order valence-electron chi connectivity index (χ4n) is 2.53. The summed E-state index contributed by atoms with van der Waals surface area (Å²) in [6.45, 7) is 5.76. The Hall–Kier alpha value is -0.610. The second-order valence-corrected chi connectivity index (χ2v) is 5.79. The van der Waals surface area contributed by atoms with Gasteiger partial charge < -0.3 is 14.6 Å². The smallest absolute Gasteiger partial charge is 0.306 e. The van der Waals surface area contributed by atoms with Gasteiger partial charge in [0.2, 0.25) is 0 Å². The highest BCUT2D eigenvalue weighted by atomic mass is 16.6. The van der Waals surface area contributed by atoms with Crippen molar-refractivity contribution in [2.24, 2.45) is 11.8 Å². The Balaban J connectivity index is 1.81. The van der Waals surface area contributed by atoms with Gasteiger partial charge in [0.05, 0.1) is 18.6 Å². The summed E-state index contributed by atoms with van der Waals surface area (Å²) in [5.74, 6) is 0.291. The largest absolute Gasteiger partial charge is 0.460 e. The van der Waals surface area contributed by atoms with Crippen molar-refractivity contribution in [3.8, 4) is 0 Å². The summed E-state index contributed by atoms with van der Waals surface area (Å²) in [5.41, 5.74) is -0.421. The van der Waals surface area contributed by atoms with Gasteiger partial charge in [-0.2, -0.15) is 0 Å².